The third kappa shape index (κ3) is 2.55. The summed E-state index contributed by atoms with van der Waals surface area (Å²) in [5.74, 6) is 0. The minimum absolute atomic E-state index is 0.0160. The van der Waals surface area contributed by atoms with Crippen LogP contribution in [-0.2, 0) is 0 Å². The van der Waals surface area contributed by atoms with Gasteiger partial charge in [-0.3, -0.25) is 0 Å². The molecule has 0 saturated heterocycles. The second kappa shape index (κ2) is 4.61. The van der Waals surface area contributed by atoms with Crippen LogP contribution in [0.2, 0.25) is 0 Å². The lowest BCUT2D eigenvalue weighted by Crippen LogP contribution is -2.15. The first-order chi connectivity index (χ1) is 6.27. The third-order valence-corrected chi connectivity index (χ3v) is 1.95. The molecule has 3 nitrogen and oxygen atoms in total. The maximum atomic E-state index is 8.57. The fourth-order valence-electron chi connectivity index (χ4n) is 1.15. The lowest BCUT2D eigenvalue weighted by molar-refractivity contribution is 0.661. The highest BCUT2D eigenvalue weighted by Crippen LogP contribution is 2.13. The Bertz CT molecular complexity index is 297. The lowest BCUT2D eigenvalue weighted by Gasteiger charge is -2.09. The molecule has 0 fully saturated rings. The normalized spacial score (nSPS) is 12.1. The molecule has 3 heteroatoms. The van der Waals surface area contributed by atoms with Crippen LogP contribution in [0.4, 0.5) is 0 Å². The summed E-state index contributed by atoms with van der Waals surface area (Å²) in [5.41, 5.74) is 12.9. The molecule has 0 aromatic heterocycles. The zero-order valence-corrected chi connectivity index (χ0v) is 7.40. The third-order valence-electron chi connectivity index (χ3n) is 1.95. The van der Waals surface area contributed by atoms with Gasteiger partial charge in [0.05, 0.1) is 11.6 Å². The maximum absolute atomic E-state index is 8.57. The Morgan fingerprint density at radius 3 is 2.38 bits per heavy atom. The molecule has 0 aliphatic heterocycles. The van der Waals surface area contributed by atoms with Gasteiger partial charge in [0.2, 0.25) is 0 Å². The smallest absolute Gasteiger partial charge is 0.0991 e. The molecule has 4 N–H and O–H groups in total. The van der Waals surface area contributed by atoms with Crippen LogP contribution in [0.15, 0.2) is 24.3 Å². The van der Waals surface area contributed by atoms with E-state index < -0.39 is 0 Å². The van der Waals surface area contributed by atoms with Crippen LogP contribution in [0, 0.1) is 11.3 Å². The first kappa shape index (κ1) is 9.72. The molecule has 0 amide bonds. The van der Waals surface area contributed by atoms with E-state index in [1.54, 1.807) is 12.1 Å². The molecule has 0 spiro atoms. The number of hydrogen-bond donors (Lipinski definition) is 2. The summed E-state index contributed by atoms with van der Waals surface area (Å²) in [4.78, 5) is 0. The molecule has 0 aliphatic rings. The summed E-state index contributed by atoms with van der Waals surface area (Å²) in [6, 6.07) is 9.33. The standard InChI is InChI=1S/C10H13N3/c11-6-5-10(13)9-3-1-8(7-12)2-4-9/h1-4,10H,5-6,11,13H2/t10-/m0/s1. The van der Waals surface area contributed by atoms with Crippen LogP contribution < -0.4 is 11.5 Å². The number of rotatable bonds is 3. The van der Waals surface area contributed by atoms with E-state index >= 15 is 0 Å². The number of benzene rings is 1. The lowest BCUT2D eigenvalue weighted by atomic mass is 10.0. The van der Waals surface area contributed by atoms with Crippen LogP contribution in [0.25, 0.3) is 0 Å². The number of nitriles is 1. The van der Waals surface area contributed by atoms with Crippen molar-refractivity contribution in [2.75, 3.05) is 6.54 Å². The van der Waals surface area contributed by atoms with Gasteiger partial charge in [-0.15, -0.1) is 0 Å². The second-order valence-electron chi connectivity index (χ2n) is 2.92. The van der Waals surface area contributed by atoms with Gasteiger partial charge in [0.15, 0.2) is 0 Å². The van der Waals surface area contributed by atoms with Gasteiger partial charge in [0.1, 0.15) is 0 Å². The van der Waals surface area contributed by atoms with Gasteiger partial charge in [-0.05, 0) is 30.7 Å². The van der Waals surface area contributed by atoms with E-state index in [9.17, 15) is 0 Å². The van der Waals surface area contributed by atoms with E-state index in [0.29, 0.717) is 12.1 Å². The Balaban J connectivity index is 2.75. The van der Waals surface area contributed by atoms with Crippen LogP contribution >= 0.6 is 0 Å². The summed E-state index contributed by atoms with van der Waals surface area (Å²) in [6.45, 7) is 0.584. The topological polar surface area (TPSA) is 75.8 Å². The summed E-state index contributed by atoms with van der Waals surface area (Å²) in [7, 11) is 0. The molecule has 0 aliphatic carbocycles. The van der Waals surface area contributed by atoms with E-state index in [1.807, 2.05) is 12.1 Å². The SMILES string of the molecule is N#Cc1ccc([C@@H](N)CCN)cc1. The van der Waals surface area contributed by atoms with Crippen LogP contribution in [-0.4, -0.2) is 6.54 Å². The number of nitrogens with two attached hydrogens (primary N) is 2. The first-order valence-corrected chi connectivity index (χ1v) is 4.23. The van der Waals surface area contributed by atoms with E-state index in [2.05, 4.69) is 6.07 Å². The predicted octanol–water partition coefficient (Wildman–Crippen LogP) is 0.907. The highest BCUT2D eigenvalue weighted by atomic mass is 14.7. The summed E-state index contributed by atoms with van der Waals surface area (Å²) >= 11 is 0. The molecule has 1 rings (SSSR count). The zero-order valence-electron chi connectivity index (χ0n) is 7.40. The summed E-state index contributed by atoms with van der Waals surface area (Å²) in [6.07, 6.45) is 0.770. The number of nitrogens with zero attached hydrogens (tertiary/aromatic N) is 1. The van der Waals surface area contributed by atoms with Crippen molar-refractivity contribution in [3.63, 3.8) is 0 Å². The minimum Gasteiger partial charge on any atom is -0.330 e. The molecule has 1 aromatic carbocycles. The van der Waals surface area contributed by atoms with Crippen LogP contribution in [0.1, 0.15) is 23.6 Å². The molecule has 13 heavy (non-hydrogen) atoms. The van der Waals surface area contributed by atoms with Gasteiger partial charge in [0.25, 0.3) is 0 Å². The Labute approximate surface area is 78.0 Å². The highest BCUT2D eigenvalue weighted by molar-refractivity contribution is 5.32. The van der Waals surface area contributed by atoms with Gasteiger partial charge >= 0.3 is 0 Å². The van der Waals surface area contributed by atoms with Crippen molar-refractivity contribution < 1.29 is 0 Å². The predicted molar refractivity (Wildman–Crippen MR) is 51.8 cm³/mol. The van der Waals surface area contributed by atoms with Crippen LogP contribution in [0.3, 0.4) is 0 Å². The molecular formula is C10H13N3. The van der Waals surface area contributed by atoms with Crippen molar-refractivity contribution in [2.45, 2.75) is 12.5 Å². The van der Waals surface area contributed by atoms with E-state index in [0.717, 1.165) is 12.0 Å². The van der Waals surface area contributed by atoms with Crippen molar-refractivity contribution in [3.05, 3.63) is 35.4 Å². The molecule has 68 valence electrons. The van der Waals surface area contributed by atoms with Gasteiger partial charge in [0, 0.05) is 6.04 Å². The number of hydrogen-bond acceptors (Lipinski definition) is 3. The molecule has 1 aromatic rings. The quantitative estimate of drug-likeness (QED) is 0.716. The molecule has 0 radical (unpaired) electrons. The molecule has 0 bridgehead atoms. The zero-order chi connectivity index (χ0) is 9.68. The van der Waals surface area contributed by atoms with Crippen molar-refractivity contribution in [1.29, 1.82) is 5.26 Å². The average molecular weight is 175 g/mol. The highest BCUT2D eigenvalue weighted by Gasteiger charge is 2.03. The van der Waals surface area contributed by atoms with E-state index in [-0.39, 0.29) is 6.04 Å². The maximum Gasteiger partial charge on any atom is 0.0991 e. The van der Waals surface area contributed by atoms with Gasteiger partial charge in [-0.1, -0.05) is 12.1 Å². The van der Waals surface area contributed by atoms with Crippen molar-refractivity contribution in [2.24, 2.45) is 11.5 Å². The largest absolute Gasteiger partial charge is 0.330 e. The molecule has 0 saturated carbocycles. The summed E-state index contributed by atoms with van der Waals surface area (Å²) < 4.78 is 0. The molecule has 0 heterocycles. The second-order valence-corrected chi connectivity index (χ2v) is 2.92. The fraction of sp³-hybridized carbons (Fsp3) is 0.300. The van der Waals surface area contributed by atoms with Gasteiger partial charge < -0.3 is 11.5 Å². The van der Waals surface area contributed by atoms with Crippen molar-refractivity contribution in [1.82, 2.24) is 0 Å². The van der Waals surface area contributed by atoms with Crippen LogP contribution in [0.5, 0.6) is 0 Å². The first-order valence-electron chi connectivity index (χ1n) is 4.23. The average Bonchev–Trinajstić information content (AvgIpc) is 2.18. The summed E-state index contributed by atoms with van der Waals surface area (Å²) in [5, 5.41) is 8.57. The molecule has 0 unspecified atom stereocenters. The Hall–Kier alpha value is -1.37. The van der Waals surface area contributed by atoms with Crippen molar-refractivity contribution in [3.8, 4) is 6.07 Å². The van der Waals surface area contributed by atoms with Gasteiger partial charge in [-0.2, -0.15) is 5.26 Å². The van der Waals surface area contributed by atoms with Gasteiger partial charge in [-0.25, -0.2) is 0 Å². The monoisotopic (exact) mass is 175 g/mol. The van der Waals surface area contributed by atoms with E-state index in [1.165, 1.54) is 0 Å². The minimum atomic E-state index is -0.0160. The fourth-order valence-corrected chi connectivity index (χ4v) is 1.15. The Kier molecular flexibility index (Phi) is 3.44. The molecular weight excluding hydrogens is 162 g/mol. The Morgan fingerprint density at radius 2 is 1.92 bits per heavy atom. The molecule has 1 atom stereocenters. The Morgan fingerprint density at radius 1 is 1.31 bits per heavy atom. The van der Waals surface area contributed by atoms with E-state index in [4.69, 9.17) is 16.7 Å². The van der Waals surface area contributed by atoms with Crippen molar-refractivity contribution >= 4 is 0 Å².